The highest BCUT2D eigenvalue weighted by atomic mass is 35.5. The van der Waals surface area contributed by atoms with Crippen LogP contribution in [0.25, 0.3) is 0 Å². The average Bonchev–Trinajstić information content (AvgIpc) is 2.09. The number of carbonyl (C=O) groups is 1. The molecular weight excluding hydrogens is 192 g/mol. The molecule has 1 rings (SSSR count). The molecule has 0 aliphatic heterocycles. The summed E-state index contributed by atoms with van der Waals surface area (Å²) in [6, 6.07) is 3.08. The van der Waals surface area contributed by atoms with E-state index in [1.54, 1.807) is 6.07 Å². The molecule has 0 spiro atoms. The lowest BCUT2D eigenvalue weighted by Crippen LogP contribution is -2.11. The molecule has 5 heteroatoms. The van der Waals surface area contributed by atoms with Crippen molar-refractivity contribution in [3.05, 3.63) is 29.0 Å². The average molecular weight is 199 g/mol. The predicted molar refractivity (Wildman–Crippen MR) is 48.3 cm³/mol. The van der Waals surface area contributed by atoms with Gasteiger partial charge in [-0.2, -0.15) is 0 Å². The Morgan fingerprint density at radius 2 is 2.31 bits per heavy atom. The number of aromatic nitrogens is 1. The van der Waals surface area contributed by atoms with Gasteiger partial charge in [0.05, 0.1) is 0 Å². The SMILES string of the molecule is CC(=O)/C(=N\O)c1ccc(Cl)nc1. The first-order valence-corrected chi connectivity index (χ1v) is 3.88. The minimum absolute atomic E-state index is 0.0239. The van der Waals surface area contributed by atoms with Crippen molar-refractivity contribution in [1.82, 2.24) is 4.98 Å². The monoisotopic (exact) mass is 198 g/mol. The quantitative estimate of drug-likeness (QED) is 0.339. The topological polar surface area (TPSA) is 62.5 Å². The summed E-state index contributed by atoms with van der Waals surface area (Å²) < 4.78 is 0. The molecule has 0 saturated heterocycles. The molecule has 0 atom stereocenters. The largest absolute Gasteiger partial charge is 0.410 e. The summed E-state index contributed by atoms with van der Waals surface area (Å²) in [7, 11) is 0. The van der Waals surface area contributed by atoms with Crippen LogP contribution < -0.4 is 0 Å². The molecule has 0 saturated carbocycles. The van der Waals surface area contributed by atoms with Gasteiger partial charge in [-0.05, 0) is 12.1 Å². The molecular formula is C8H7ClN2O2. The molecule has 4 nitrogen and oxygen atoms in total. The van der Waals surface area contributed by atoms with Crippen molar-refractivity contribution in [3.8, 4) is 0 Å². The number of pyridine rings is 1. The molecule has 13 heavy (non-hydrogen) atoms. The number of hydrogen-bond acceptors (Lipinski definition) is 4. The van der Waals surface area contributed by atoms with Crippen LogP contribution in [0.4, 0.5) is 0 Å². The van der Waals surface area contributed by atoms with Crippen LogP contribution in [0.5, 0.6) is 0 Å². The molecule has 0 unspecified atom stereocenters. The van der Waals surface area contributed by atoms with Crippen LogP contribution in [-0.2, 0) is 4.79 Å². The van der Waals surface area contributed by atoms with E-state index in [4.69, 9.17) is 16.8 Å². The van der Waals surface area contributed by atoms with E-state index >= 15 is 0 Å². The van der Waals surface area contributed by atoms with Gasteiger partial charge >= 0.3 is 0 Å². The van der Waals surface area contributed by atoms with Crippen molar-refractivity contribution < 1.29 is 10.0 Å². The smallest absolute Gasteiger partial charge is 0.182 e. The molecule has 0 bridgehead atoms. The Morgan fingerprint density at radius 1 is 1.62 bits per heavy atom. The molecule has 68 valence electrons. The fourth-order valence-electron chi connectivity index (χ4n) is 0.847. The van der Waals surface area contributed by atoms with Gasteiger partial charge in [-0.15, -0.1) is 0 Å². The first kappa shape index (κ1) is 9.67. The highest BCUT2D eigenvalue weighted by Gasteiger charge is 2.09. The minimum Gasteiger partial charge on any atom is -0.410 e. The van der Waals surface area contributed by atoms with Crippen LogP contribution in [0.15, 0.2) is 23.5 Å². The van der Waals surface area contributed by atoms with Crippen LogP contribution in [0.2, 0.25) is 5.15 Å². The van der Waals surface area contributed by atoms with Crippen LogP contribution in [0, 0.1) is 0 Å². The third-order valence-corrected chi connectivity index (χ3v) is 1.66. The van der Waals surface area contributed by atoms with Crippen molar-refractivity contribution in [2.24, 2.45) is 5.16 Å². The van der Waals surface area contributed by atoms with Gasteiger partial charge in [-0.25, -0.2) is 4.98 Å². The van der Waals surface area contributed by atoms with Crippen LogP contribution in [0.3, 0.4) is 0 Å². The number of hydrogen-bond donors (Lipinski definition) is 1. The van der Waals surface area contributed by atoms with Crippen molar-refractivity contribution in [1.29, 1.82) is 0 Å². The van der Waals surface area contributed by atoms with E-state index in [0.717, 1.165) is 0 Å². The fourth-order valence-corrected chi connectivity index (χ4v) is 0.959. The number of nitrogens with zero attached hydrogens (tertiary/aromatic N) is 2. The molecule has 0 aromatic carbocycles. The molecule has 1 heterocycles. The van der Waals surface area contributed by atoms with E-state index in [9.17, 15) is 4.79 Å². The van der Waals surface area contributed by atoms with Gasteiger partial charge in [0.15, 0.2) is 11.5 Å². The third kappa shape index (κ3) is 2.26. The Labute approximate surface area is 79.9 Å². The lowest BCUT2D eigenvalue weighted by molar-refractivity contribution is -0.111. The summed E-state index contributed by atoms with van der Waals surface area (Å²) in [6.45, 7) is 1.31. The second kappa shape index (κ2) is 4.00. The highest BCUT2D eigenvalue weighted by Crippen LogP contribution is 2.06. The molecule has 1 aromatic rings. The molecule has 0 fully saturated rings. The van der Waals surface area contributed by atoms with Gasteiger partial charge in [0.2, 0.25) is 0 Å². The first-order chi connectivity index (χ1) is 6.15. The third-order valence-electron chi connectivity index (χ3n) is 1.43. The van der Waals surface area contributed by atoms with Gasteiger partial charge in [-0.1, -0.05) is 16.8 Å². The molecule has 1 N–H and O–H groups in total. The van der Waals surface area contributed by atoms with E-state index in [1.807, 2.05) is 0 Å². The van der Waals surface area contributed by atoms with Crippen LogP contribution in [0.1, 0.15) is 12.5 Å². The van der Waals surface area contributed by atoms with E-state index in [0.29, 0.717) is 10.7 Å². The molecule has 0 aliphatic carbocycles. The summed E-state index contributed by atoms with van der Waals surface area (Å²) in [5, 5.41) is 11.7. The predicted octanol–water partition coefficient (Wildman–Crippen LogP) is 1.50. The minimum atomic E-state index is -0.327. The lowest BCUT2D eigenvalue weighted by Gasteiger charge is -1.98. The summed E-state index contributed by atoms with van der Waals surface area (Å²) in [6.07, 6.45) is 1.37. The van der Waals surface area contributed by atoms with E-state index < -0.39 is 0 Å². The van der Waals surface area contributed by atoms with Crippen molar-refractivity contribution in [3.63, 3.8) is 0 Å². The number of halogens is 1. The zero-order valence-electron chi connectivity index (χ0n) is 6.86. The molecule has 0 aliphatic rings. The Balaban J connectivity index is 3.07. The van der Waals surface area contributed by atoms with Crippen LogP contribution >= 0.6 is 11.6 Å². The van der Waals surface area contributed by atoms with E-state index in [1.165, 1.54) is 19.2 Å². The van der Waals surface area contributed by atoms with Gasteiger partial charge < -0.3 is 5.21 Å². The summed E-state index contributed by atoms with van der Waals surface area (Å²) in [5.74, 6) is -0.327. The van der Waals surface area contributed by atoms with Gasteiger partial charge in [0, 0.05) is 18.7 Å². The normalized spacial score (nSPS) is 11.4. The maximum Gasteiger partial charge on any atom is 0.182 e. The number of carbonyl (C=O) groups excluding carboxylic acids is 1. The summed E-state index contributed by atoms with van der Waals surface area (Å²) in [4.78, 5) is 14.7. The maximum absolute atomic E-state index is 10.9. The first-order valence-electron chi connectivity index (χ1n) is 3.50. The second-order valence-electron chi connectivity index (χ2n) is 2.37. The van der Waals surface area contributed by atoms with Crippen molar-refractivity contribution in [2.45, 2.75) is 6.92 Å². The lowest BCUT2D eigenvalue weighted by atomic mass is 10.1. The Kier molecular flexibility index (Phi) is 2.97. The number of rotatable bonds is 2. The standard InChI is InChI=1S/C8H7ClN2O2/c1-5(12)8(11-13)6-2-3-7(9)10-4-6/h2-4,13H,1H3/b11-8+. The Bertz CT molecular complexity index is 346. The van der Waals surface area contributed by atoms with Crippen molar-refractivity contribution >= 4 is 23.1 Å². The Morgan fingerprint density at radius 3 is 2.69 bits per heavy atom. The molecule has 0 amide bonds. The summed E-state index contributed by atoms with van der Waals surface area (Å²) >= 11 is 5.54. The zero-order valence-corrected chi connectivity index (χ0v) is 7.62. The van der Waals surface area contributed by atoms with Gasteiger partial charge in [0.1, 0.15) is 5.15 Å². The molecule has 1 aromatic heterocycles. The van der Waals surface area contributed by atoms with E-state index in [2.05, 4.69) is 10.1 Å². The number of oxime groups is 1. The van der Waals surface area contributed by atoms with Crippen LogP contribution in [-0.4, -0.2) is 21.7 Å². The summed E-state index contributed by atoms with van der Waals surface area (Å²) in [5.41, 5.74) is 0.420. The zero-order chi connectivity index (χ0) is 9.84. The second-order valence-corrected chi connectivity index (χ2v) is 2.76. The molecule has 0 radical (unpaired) electrons. The van der Waals surface area contributed by atoms with Crippen molar-refractivity contribution in [2.75, 3.05) is 0 Å². The van der Waals surface area contributed by atoms with E-state index in [-0.39, 0.29) is 11.5 Å². The maximum atomic E-state index is 10.9. The Hall–Kier alpha value is -1.42. The van der Waals surface area contributed by atoms with Gasteiger partial charge in [-0.3, -0.25) is 4.79 Å². The highest BCUT2D eigenvalue weighted by molar-refractivity contribution is 6.45. The fraction of sp³-hybridized carbons (Fsp3) is 0.125. The number of ketones is 1. The van der Waals surface area contributed by atoms with Gasteiger partial charge in [0.25, 0.3) is 0 Å². The number of Topliss-reactive ketones (excluding diaryl/α,β-unsaturated/α-hetero) is 1.